The molecule has 0 N–H and O–H groups in total. The number of aryl methyl sites for hydroxylation is 1. The van der Waals surface area contributed by atoms with Gasteiger partial charge in [-0.05, 0) is 18.6 Å². The second kappa shape index (κ2) is 3.02. The topological polar surface area (TPSA) is 47.2 Å². The Bertz CT molecular complexity index is 613. The summed E-state index contributed by atoms with van der Waals surface area (Å²) >= 11 is 0. The molecule has 74 valence electrons. The number of rotatable bonds is 0. The molecule has 0 spiro atoms. The summed E-state index contributed by atoms with van der Waals surface area (Å²) in [5, 5.41) is 4.68. The van der Waals surface area contributed by atoms with E-state index >= 15 is 0 Å². The Labute approximate surface area is 85.9 Å². The van der Waals surface area contributed by atoms with Crippen molar-refractivity contribution < 1.29 is 0 Å². The highest BCUT2D eigenvalue weighted by Crippen LogP contribution is 2.10. The lowest BCUT2D eigenvalue weighted by Crippen LogP contribution is -2.24. The first-order valence-corrected chi connectivity index (χ1v) is 4.90. The van der Waals surface area contributed by atoms with E-state index in [-0.39, 0.29) is 5.56 Å². The van der Waals surface area contributed by atoms with E-state index in [0.717, 1.165) is 24.2 Å². The molecule has 0 aliphatic carbocycles. The minimum absolute atomic E-state index is 0.0773. The van der Waals surface area contributed by atoms with Crippen molar-refractivity contribution in [1.82, 2.24) is 9.66 Å². The summed E-state index contributed by atoms with van der Waals surface area (Å²) in [4.78, 5) is 16.4. The molecule has 2 heterocycles. The van der Waals surface area contributed by atoms with Gasteiger partial charge in [-0.2, -0.15) is 9.78 Å². The third kappa shape index (κ3) is 1.18. The first-order valence-electron chi connectivity index (χ1n) is 4.90. The largest absolute Gasteiger partial charge is 0.282 e. The zero-order valence-corrected chi connectivity index (χ0v) is 8.05. The van der Waals surface area contributed by atoms with Gasteiger partial charge in [0, 0.05) is 12.6 Å². The van der Waals surface area contributed by atoms with Gasteiger partial charge in [-0.15, -0.1) is 0 Å². The molecule has 0 unspecified atom stereocenters. The molecule has 0 saturated heterocycles. The number of hydrogen-bond acceptors (Lipinski definition) is 3. The van der Waals surface area contributed by atoms with Crippen LogP contribution in [-0.2, 0) is 6.42 Å². The number of hydrogen-bond donors (Lipinski definition) is 0. The maximum atomic E-state index is 12.0. The molecule has 0 fully saturated rings. The monoisotopic (exact) mass is 199 g/mol. The smallest absolute Gasteiger partial charge is 0.267 e. The molecule has 0 radical (unpaired) electrons. The van der Waals surface area contributed by atoms with E-state index in [9.17, 15) is 4.79 Å². The predicted octanol–water partition coefficient (Wildman–Crippen LogP) is 1.18. The number of para-hydroxylation sites is 1. The van der Waals surface area contributed by atoms with Crippen molar-refractivity contribution in [2.45, 2.75) is 12.8 Å². The van der Waals surface area contributed by atoms with E-state index in [0.29, 0.717) is 5.39 Å². The van der Waals surface area contributed by atoms with Crippen molar-refractivity contribution in [3.05, 3.63) is 40.4 Å². The van der Waals surface area contributed by atoms with Crippen LogP contribution in [-0.4, -0.2) is 15.9 Å². The molecule has 3 rings (SSSR count). The van der Waals surface area contributed by atoms with Gasteiger partial charge in [0.05, 0.1) is 10.9 Å². The van der Waals surface area contributed by atoms with Crippen LogP contribution < -0.4 is 5.56 Å². The van der Waals surface area contributed by atoms with E-state index in [2.05, 4.69) is 10.1 Å². The first kappa shape index (κ1) is 8.35. The lowest BCUT2D eigenvalue weighted by molar-refractivity contribution is 0.696. The van der Waals surface area contributed by atoms with Crippen molar-refractivity contribution in [3.63, 3.8) is 0 Å². The highest BCUT2D eigenvalue weighted by Gasteiger charge is 2.11. The van der Waals surface area contributed by atoms with Crippen molar-refractivity contribution in [1.29, 1.82) is 0 Å². The molecule has 1 aromatic carbocycles. The summed E-state index contributed by atoms with van der Waals surface area (Å²) in [6, 6.07) is 7.36. The Morgan fingerprint density at radius 3 is 3.07 bits per heavy atom. The number of fused-ring (bicyclic) bond motifs is 2. The standard InChI is InChI=1S/C11H9N3O/c15-11-8-4-1-2-5-9(8)13-10-6-3-7-12-14(10)11/h1-2,4-5,7H,3,6H2. The quantitative estimate of drug-likeness (QED) is 0.639. The van der Waals surface area contributed by atoms with Crippen molar-refractivity contribution in [3.8, 4) is 0 Å². The highest BCUT2D eigenvalue weighted by atomic mass is 16.1. The van der Waals surface area contributed by atoms with Gasteiger partial charge in [-0.3, -0.25) is 4.79 Å². The van der Waals surface area contributed by atoms with Gasteiger partial charge < -0.3 is 0 Å². The van der Waals surface area contributed by atoms with E-state index < -0.39 is 0 Å². The van der Waals surface area contributed by atoms with E-state index in [1.165, 1.54) is 4.68 Å². The molecule has 2 aromatic rings. The second-order valence-electron chi connectivity index (χ2n) is 3.50. The minimum atomic E-state index is -0.0773. The first-order chi connectivity index (χ1) is 7.36. The lowest BCUT2D eigenvalue weighted by Gasteiger charge is -2.11. The van der Waals surface area contributed by atoms with Crippen molar-refractivity contribution >= 4 is 17.1 Å². The number of aromatic nitrogens is 2. The molecule has 15 heavy (non-hydrogen) atoms. The van der Waals surface area contributed by atoms with Crippen molar-refractivity contribution in [2.75, 3.05) is 0 Å². The SMILES string of the molecule is O=c1c2ccccc2nc2n1N=CCC2. The number of benzene rings is 1. The maximum absolute atomic E-state index is 12.0. The van der Waals surface area contributed by atoms with Gasteiger partial charge in [0.25, 0.3) is 5.56 Å². The third-order valence-corrected chi connectivity index (χ3v) is 2.51. The molecule has 1 aliphatic rings. The Morgan fingerprint density at radius 2 is 2.13 bits per heavy atom. The molecule has 0 saturated carbocycles. The van der Waals surface area contributed by atoms with Crippen LogP contribution in [0.3, 0.4) is 0 Å². The van der Waals surface area contributed by atoms with Crippen LogP contribution in [0.5, 0.6) is 0 Å². The summed E-state index contributed by atoms with van der Waals surface area (Å²) in [7, 11) is 0. The van der Waals surface area contributed by atoms with Gasteiger partial charge in [-0.1, -0.05) is 12.1 Å². The number of nitrogens with zero attached hydrogens (tertiary/aromatic N) is 3. The average Bonchev–Trinajstić information content (AvgIpc) is 2.30. The van der Waals surface area contributed by atoms with Gasteiger partial charge in [-0.25, -0.2) is 4.98 Å². The molecule has 4 nitrogen and oxygen atoms in total. The molecule has 0 amide bonds. The van der Waals surface area contributed by atoms with Crippen LogP contribution in [0, 0.1) is 0 Å². The van der Waals surface area contributed by atoms with Gasteiger partial charge >= 0.3 is 0 Å². The Balaban J connectivity index is 2.48. The van der Waals surface area contributed by atoms with Crippen LogP contribution >= 0.6 is 0 Å². The fraction of sp³-hybridized carbons (Fsp3) is 0.182. The zero-order valence-electron chi connectivity index (χ0n) is 8.05. The molecule has 1 aliphatic heterocycles. The van der Waals surface area contributed by atoms with Crippen LogP contribution in [0.2, 0.25) is 0 Å². The van der Waals surface area contributed by atoms with Crippen LogP contribution in [0.25, 0.3) is 10.9 Å². The zero-order chi connectivity index (χ0) is 10.3. The van der Waals surface area contributed by atoms with Gasteiger partial charge in [0.15, 0.2) is 0 Å². The summed E-state index contributed by atoms with van der Waals surface area (Å²) in [6.07, 6.45) is 3.39. The molecule has 0 bridgehead atoms. The Hall–Kier alpha value is -1.97. The van der Waals surface area contributed by atoms with Crippen LogP contribution in [0.4, 0.5) is 0 Å². The van der Waals surface area contributed by atoms with E-state index in [1.807, 2.05) is 18.2 Å². The third-order valence-electron chi connectivity index (χ3n) is 2.51. The normalized spacial score (nSPS) is 14.1. The summed E-state index contributed by atoms with van der Waals surface area (Å²) < 4.78 is 1.39. The molecule has 4 heteroatoms. The fourth-order valence-corrected chi connectivity index (χ4v) is 1.78. The molecule has 0 atom stereocenters. The maximum Gasteiger partial charge on any atom is 0.282 e. The van der Waals surface area contributed by atoms with E-state index in [1.54, 1.807) is 12.3 Å². The summed E-state index contributed by atoms with van der Waals surface area (Å²) in [5.74, 6) is 0.751. The molecule has 1 aromatic heterocycles. The fourth-order valence-electron chi connectivity index (χ4n) is 1.78. The van der Waals surface area contributed by atoms with Gasteiger partial charge in [0.1, 0.15) is 5.82 Å². The van der Waals surface area contributed by atoms with Crippen LogP contribution in [0.15, 0.2) is 34.2 Å². The average molecular weight is 199 g/mol. The Morgan fingerprint density at radius 1 is 1.27 bits per heavy atom. The summed E-state index contributed by atoms with van der Waals surface area (Å²) in [6.45, 7) is 0. The molecular weight excluding hydrogens is 190 g/mol. The van der Waals surface area contributed by atoms with Crippen LogP contribution in [0.1, 0.15) is 12.2 Å². The van der Waals surface area contributed by atoms with Gasteiger partial charge in [0.2, 0.25) is 0 Å². The molecular formula is C11H9N3O. The summed E-state index contributed by atoms with van der Waals surface area (Å²) in [5.41, 5.74) is 0.678. The Kier molecular flexibility index (Phi) is 1.68. The highest BCUT2D eigenvalue weighted by molar-refractivity contribution is 5.77. The lowest BCUT2D eigenvalue weighted by atomic mass is 10.2. The minimum Gasteiger partial charge on any atom is -0.267 e. The second-order valence-corrected chi connectivity index (χ2v) is 3.50. The predicted molar refractivity (Wildman–Crippen MR) is 58.2 cm³/mol. The van der Waals surface area contributed by atoms with Crippen molar-refractivity contribution in [2.24, 2.45) is 5.10 Å². The van der Waals surface area contributed by atoms with E-state index in [4.69, 9.17) is 0 Å².